The lowest BCUT2D eigenvalue weighted by molar-refractivity contribution is -0.111. The number of methoxy groups -OCH3 is 1. The molecule has 8 heteroatoms. The molecule has 2 N–H and O–H groups in total. The monoisotopic (exact) mass is 426 g/mol. The molecule has 0 atom stereocenters. The predicted octanol–water partition coefficient (Wildman–Crippen LogP) is 4.29. The van der Waals surface area contributed by atoms with Crippen molar-refractivity contribution in [1.82, 2.24) is 0 Å². The first-order valence-electron chi connectivity index (χ1n) is 8.88. The first-order chi connectivity index (χ1) is 14.4. The van der Waals surface area contributed by atoms with Crippen LogP contribution in [0.2, 0.25) is 0 Å². The van der Waals surface area contributed by atoms with Gasteiger partial charge in [-0.3, -0.25) is 9.52 Å². The molecule has 0 aliphatic heterocycles. The minimum atomic E-state index is -3.83. The Labute approximate surface area is 174 Å². The fourth-order valence-electron chi connectivity index (χ4n) is 2.58. The number of para-hydroxylation sites is 2. The number of ether oxygens (including phenoxy) is 1. The summed E-state index contributed by atoms with van der Waals surface area (Å²) in [7, 11) is -2.37. The Morgan fingerprint density at radius 1 is 0.967 bits per heavy atom. The van der Waals surface area contributed by atoms with Gasteiger partial charge < -0.3 is 10.1 Å². The van der Waals surface area contributed by atoms with Gasteiger partial charge in [0.1, 0.15) is 11.6 Å². The average molecular weight is 426 g/mol. The van der Waals surface area contributed by atoms with Crippen LogP contribution in [0.4, 0.5) is 15.8 Å². The Kier molecular flexibility index (Phi) is 6.48. The molecule has 0 heterocycles. The number of hydrogen-bond donors (Lipinski definition) is 2. The fraction of sp³-hybridized carbons (Fsp3) is 0.0455. The second kappa shape index (κ2) is 9.23. The first-order valence-corrected chi connectivity index (χ1v) is 10.4. The lowest BCUT2D eigenvalue weighted by atomic mass is 10.2. The van der Waals surface area contributed by atoms with E-state index in [-0.39, 0.29) is 10.7 Å². The van der Waals surface area contributed by atoms with Crippen LogP contribution in [0.3, 0.4) is 0 Å². The summed E-state index contributed by atoms with van der Waals surface area (Å²) in [5.41, 5.74) is 1.43. The summed E-state index contributed by atoms with van der Waals surface area (Å²) in [6, 6.07) is 18.1. The molecule has 1 amide bonds. The smallest absolute Gasteiger partial charge is 0.262 e. The number of hydrogen-bond acceptors (Lipinski definition) is 4. The number of benzene rings is 3. The zero-order valence-corrected chi connectivity index (χ0v) is 16.8. The molecule has 0 aliphatic rings. The Morgan fingerprint density at radius 3 is 2.30 bits per heavy atom. The third-order valence-electron chi connectivity index (χ3n) is 4.08. The molecule has 0 aliphatic carbocycles. The van der Waals surface area contributed by atoms with Crippen molar-refractivity contribution in [1.29, 1.82) is 0 Å². The van der Waals surface area contributed by atoms with Gasteiger partial charge in [0.05, 0.1) is 17.7 Å². The number of carbonyl (C=O) groups is 1. The highest BCUT2D eigenvalue weighted by molar-refractivity contribution is 7.92. The van der Waals surface area contributed by atoms with Crippen LogP contribution in [0.5, 0.6) is 5.75 Å². The zero-order valence-electron chi connectivity index (χ0n) is 16.0. The van der Waals surface area contributed by atoms with Crippen LogP contribution in [-0.2, 0) is 14.8 Å². The second-order valence-corrected chi connectivity index (χ2v) is 7.89. The molecular weight excluding hydrogens is 407 g/mol. The van der Waals surface area contributed by atoms with E-state index in [4.69, 9.17) is 4.74 Å². The van der Waals surface area contributed by atoms with E-state index in [0.29, 0.717) is 22.7 Å². The Morgan fingerprint density at radius 2 is 1.63 bits per heavy atom. The molecule has 0 bridgehead atoms. The van der Waals surface area contributed by atoms with Gasteiger partial charge in [0.25, 0.3) is 10.0 Å². The van der Waals surface area contributed by atoms with Gasteiger partial charge >= 0.3 is 0 Å². The number of rotatable bonds is 7. The van der Waals surface area contributed by atoms with E-state index in [0.717, 1.165) is 0 Å². The molecule has 3 rings (SSSR count). The number of sulfonamides is 1. The lowest BCUT2D eigenvalue weighted by Gasteiger charge is -2.12. The molecule has 6 nitrogen and oxygen atoms in total. The molecule has 0 saturated heterocycles. The summed E-state index contributed by atoms with van der Waals surface area (Å²) >= 11 is 0. The number of amides is 1. The van der Waals surface area contributed by atoms with Crippen LogP contribution in [-0.4, -0.2) is 21.4 Å². The third kappa shape index (κ3) is 5.45. The van der Waals surface area contributed by atoms with Gasteiger partial charge in [-0.2, -0.15) is 0 Å². The summed E-state index contributed by atoms with van der Waals surface area (Å²) in [6.07, 6.45) is 2.85. The van der Waals surface area contributed by atoms with E-state index >= 15 is 0 Å². The maximum absolute atomic E-state index is 12.9. The van der Waals surface area contributed by atoms with Crippen LogP contribution < -0.4 is 14.8 Å². The van der Waals surface area contributed by atoms with Crippen molar-refractivity contribution in [3.8, 4) is 5.75 Å². The minimum Gasteiger partial charge on any atom is -0.495 e. The van der Waals surface area contributed by atoms with Gasteiger partial charge in [-0.1, -0.05) is 24.3 Å². The maximum Gasteiger partial charge on any atom is 0.262 e. The molecule has 0 fully saturated rings. The highest BCUT2D eigenvalue weighted by Crippen LogP contribution is 2.26. The summed E-state index contributed by atoms with van der Waals surface area (Å²) in [4.78, 5) is 12.1. The molecule has 0 radical (unpaired) electrons. The highest BCUT2D eigenvalue weighted by atomic mass is 32.2. The standard InChI is InChI=1S/C22H19FN2O4S/c1-29-21-5-3-2-4-20(21)25-30(27,28)19-13-11-18(12-14-19)24-22(26)15-8-16-6-9-17(23)10-7-16/h2-15,25H,1H3,(H,24,26)/b15-8+. The van der Waals surface area contributed by atoms with E-state index < -0.39 is 15.9 Å². The van der Waals surface area contributed by atoms with Crippen molar-refractivity contribution in [3.63, 3.8) is 0 Å². The van der Waals surface area contributed by atoms with Crippen LogP contribution >= 0.6 is 0 Å². The van der Waals surface area contributed by atoms with Crippen molar-refractivity contribution >= 4 is 33.4 Å². The van der Waals surface area contributed by atoms with E-state index in [2.05, 4.69) is 10.0 Å². The van der Waals surface area contributed by atoms with Gasteiger partial charge in [0, 0.05) is 11.8 Å². The number of nitrogens with one attached hydrogen (secondary N) is 2. The van der Waals surface area contributed by atoms with Crippen LogP contribution in [0.15, 0.2) is 83.8 Å². The molecule has 3 aromatic carbocycles. The van der Waals surface area contributed by atoms with Gasteiger partial charge in [0.15, 0.2) is 0 Å². The van der Waals surface area contributed by atoms with Gasteiger partial charge in [-0.05, 0) is 60.2 Å². The van der Waals surface area contributed by atoms with Crippen LogP contribution in [0.25, 0.3) is 6.08 Å². The van der Waals surface area contributed by atoms with Crippen molar-refractivity contribution in [2.45, 2.75) is 4.90 Å². The summed E-state index contributed by atoms with van der Waals surface area (Å²) in [5.74, 6) is -0.355. The van der Waals surface area contributed by atoms with E-state index in [1.165, 1.54) is 49.6 Å². The summed E-state index contributed by atoms with van der Waals surface area (Å²) < 4.78 is 45.7. The molecule has 30 heavy (non-hydrogen) atoms. The molecule has 154 valence electrons. The van der Waals surface area contributed by atoms with Crippen molar-refractivity contribution < 1.29 is 22.3 Å². The lowest BCUT2D eigenvalue weighted by Crippen LogP contribution is -2.14. The van der Waals surface area contributed by atoms with Crippen molar-refractivity contribution in [2.75, 3.05) is 17.1 Å². The normalized spacial score (nSPS) is 11.3. The Hall–Kier alpha value is -3.65. The number of halogens is 1. The largest absolute Gasteiger partial charge is 0.495 e. The Bertz CT molecular complexity index is 1160. The van der Waals surface area contributed by atoms with Crippen molar-refractivity contribution in [3.05, 3.63) is 90.3 Å². The fourth-order valence-corrected chi connectivity index (χ4v) is 3.65. The van der Waals surface area contributed by atoms with E-state index in [1.54, 1.807) is 42.5 Å². The SMILES string of the molecule is COc1ccccc1NS(=O)(=O)c1ccc(NC(=O)/C=C/c2ccc(F)cc2)cc1. The van der Waals surface area contributed by atoms with E-state index in [1.807, 2.05) is 0 Å². The van der Waals surface area contributed by atoms with E-state index in [9.17, 15) is 17.6 Å². The molecular formula is C22H19FN2O4S. The third-order valence-corrected chi connectivity index (χ3v) is 5.46. The van der Waals surface area contributed by atoms with Crippen LogP contribution in [0, 0.1) is 5.82 Å². The average Bonchev–Trinajstić information content (AvgIpc) is 2.74. The number of carbonyl (C=O) groups excluding carboxylic acids is 1. The number of anilines is 2. The first kappa shape index (κ1) is 21.1. The molecule has 0 spiro atoms. The highest BCUT2D eigenvalue weighted by Gasteiger charge is 2.16. The van der Waals surface area contributed by atoms with Crippen LogP contribution in [0.1, 0.15) is 5.56 Å². The summed E-state index contributed by atoms with van der Waals surface area (Å²) in [5, 5.41) is 2.64. The molecule has 0 aromatic heterocycles. The predicted molar refractivity (Wildman–Crippen MR) is 114 cm³/mol. The molecule has 3 aromatic rings. The van der Waals surface area contributed by atoms with Gasteiger partial charge in [-0.25, -0.2) is 12.8 Å². The molecule has 0 unspecified atom stereocenters. The summed E-state index contributed by atoms with van der Waals surface area (Å²) in [6.45, 7) is 0. The Balaban J connectivity index is 1.66. The quantitative estimate of drug-likeness (QED) is 0.552. The maximum atomic E-state index is 12.9. The zero-order chi connectivity index (χ0) is 21.6. The van der Waals surface area contributed by atoms with Gasteiger partial charge in [0.2, 0.25) is 5.91 Å². The minimum absolute atomic E-state index is 0.0354. The van der Waals surface area contributed by atoms with Gasteiger partial charge in [-0.15, -0.1) is 0 Å². The molecule has 0 saturated carbocycles. The van der Waals surface area contributed by atoms with Crippen molar-refractivity contribution in [2.24, 2.45) is 0 Å². The second-order valence-electron chi connectivity index (χ2n) is 6.20. The topological polar surface area (TPSA) is 84.5 Å².